The van der Waals surface area contributed by atoms with E-state index in [9.17, 15) is 17.6 Å². The monoisotopic (exact) mass is 398 g/mol. The molecule has 26 heavy (non-hydrogen) atoms. The molecule has 2 aromatic carbocycles. The summed E-state index contributed by atoms with van der Waals surface area (Å²) in [5, 5.41) is 2.68. The van der Waals surface area contributed by atoms with Gasteiger partial charge in [-0.2, -0.15) is 4.72 Å². The highest BCUT2D eigenvalue weighted by molar-refractivity contribution is 7.98. The lowest BCUT2D eigenvalue weighted by molar-refractivity contribution is -0.117. The number of sulfonamides is 1. The fourth-order valence-corrected chi connectivity index (χ4v) is 4.14. The Morgan fingerprint density at radius 2 is 1.92 bits per heavy atom. The Kier molecular flexibility index (Phi) is 6.63. The Morgan fingerprint density at radius 1 is 1.23 bits per heavy atom. The Morgan fingerprint density at radius 3 is 2.58 bits per heavy atom. The highest BCUT2D eigenvalue weighted by Crippen LogP contribution is 2.26. The van der Waals surface area contributed by atoms with Crippen LogP contribution < -0.4 is 14.8 Å². The molecule has 0 saturated heterocycles. The number of thioether (sulfide) groups is 1. The molecule has 0 saturated carbocycles. The molecule has 2 rings (SSSR count). The number of methoxy groups -OCH3 is 1. The van der Waals surface area contributed by atoms with E-state index in [0.29, 0.717) is 5.69 Å². The van der Waals surface area contributed by atoms with Crippen molar-refractivity contribution >= 4 is 33.4 Å². The minimum absolute atomic E-state index is 0.0146. The second-order valence-corrected chi connectivity index (χ2v) is 7.86. The van der Waals surface area contributed by atoms with Crippen LogP contribution in [0.1, 0.15) is 6.92 Å². The second-order valence-electron chi connectivity index (χ2n) is 5.33. The zero-order valence-electron chi connectivity index (χ0n) is 14.4. The van der Waals surface area contributed by atoms with Gasteiger partial charge in [0.05, 0.1) is 18.8 Å². The van der Waals surface area contributed by atoms with Gasteiger partial charge in [0.15, 0.2) is 0 Å². The lowest BCUT2D eigenvalue weighted by Crippen LogP contribution is -2.41. The summed E-state index contributed by atoms with van der Waals surface area (Å²) in [5.74, 6) is -1.28. The number of halogens is 1. The van der Waals surface area contributed by atoms with E-state index in [2.05, 4.69) is 10.0 Å². The van der Waals surface area contributed by atoms with Gasteiger partial charge in [-0.25, -0.2) is 12.8 Å². The van der Waals surface area contributed by atoms with Crippen molar-refractivity contribution in [3.05, 3.63) is 48.3 Å². The molecular weight excluding hydrogens is 379 g/mol. The topological polar surface area (TPSA) is 84.5 Å². The first-order valence-electron chi connectivity index (χ1n) is 7.58. The van der Waals surface area contributed by atoms with Crippen molar-refractivity contribution in [2.24, 2.45) is 0 Å². The summed E-state index contributed by atoms with van der Waals surface area (Å²) in [5.41, 5.74) is 0.583. The Labute approximate surface area is 156 Å². The minimum atomic E-state index is -4.16. The number of para-hydroxylation sites is 1. The van der Waals surface area contributed by atoms with Crippen molar-refractivity contribution in [2.75, 3.05) is 18.7 Å². The number of hydrogen-bond donors (Lipinski definition) is 2. The van der Waals surface area contributed by atoms with E-state index < -0.39 is 27.8 Å². The zero-order chi connectivity index (χ0) is 19.3. The Bertz CT molecular complexity index is 903. The van der Waals surface area contributed by atoms with E-state index in [4.69, 9.17) is 4.74 Å². The summed E-state index contributed by atoms with van der Waals surface area (Å²) in [7, 11) is -2.88. The van der Waals surface area contributed by atoms with Crippen molar-refractivity contribution in [1.29, 1.82) is 0 Å². The molecule has 0 aromatic heterocycles. The third-order valence-electron chi connectivity index (χ3n) is 3.51. The predicted octanol–water partition coefficient (Wildman–Crippen LogP) is 2.86. The number of amides is 1. The van der Waals surface area contributed by atoms with Crippen LogP contribution >= 0.6 is 11.8 Å². The van der Waals surface area contributed by atoms with Crippen LogP contribution in [0.3, 0.4) is 0 Å². The summed E-state index contributed by atoms with van der Waals surface area (Å²) in [4.78, 5) is 12.8. The fourth-order valence-electron chi connectivity index (χ4n) is 2.20. The number of ether oxygens (including phenoxy) is 1. The highest BCUT2D eigenvalue weighted by atomic mass is 32.2. The quantitative estimate of drug-likeness (QED) is 0.701. The number of carbonyl (C=O) groups is 1. The van der Waals surface area contributed by atoms with Crippen LogP contribution in [0.2, 0.25) is 0 Å². The molecule has 2 N–H and O–H groups in total. The molecule has 0 fully saturated rings. The van der Waals surface area contributed by atoms with E-state index in [-0.39, 0.29) is 10.6 Å². The molecule has 1 amide bonds. The fraction of sp³-hybridized carbons (Fsp3) is 0.235. The van der Waals surface area contributed by atoms with Gasteiger partial charge in [-0.05, 0) is 43.5 Å². The van der Waals surface area contributed by atoms with Crippen molar-refractivity contribution in [3.63, 3.8) is 0 Å². The van der Waals surface area contributed by atoms with Crippen LogP contribution in [0.5, 0.6) is 5.75 Å². The maximum absolute atomic E-state index is 13.5. The SMILES string of the molecule is COc1ccc(F)cc1S(=O)(=O)NC(C)C(=O)Nc1ccccc1SC. The van der Waals surface area contributed by atoms with Gasteiger partial charge in [0.25, 0.3) is 0 Å². The number of anilines is 1. The van der Waals surface area contributed by atoms with Crippen LogP contribution in [0.15, 0.2) is 52.3 Å². The average Bonchev–Trinajstić information content (AvgIpc) is 2.61. The molecule has 6 nitrogen and oxygen atoms in total. The standard InChI is InChI=1S/C17H19FN2O4S2/c1-11(17(21)19-13-6-4-5-7-15(13)25-3)20-26(22,23)16-10-12(18)8-9-14(16)24-2/h4-11,20H,1-3H3,(H,19,21). The Hall–Kier alpha value is -2.10. The van der Waals surface area contributed by atoms with Crippen molar-refractivity contribution < 1.29 is 22.3 Å². The largest absolute Gasteiger partial charge is 0.495 e. The summed E-state index contributed by atoms with van der Waals surface area (Å²) < 4.78 is 45.7. The third kappa shape index (κ3) is 4.75. The van der Waals surface area contributed by atoms with Crippen LogP contribution in [0, 0.1) is 5.82 Å². The van der Waals surface area contributed by atoms with Gasteiger partial charge in [0, 0.05) is 4.90 Å². The average molecular weight is 398 g/mol. The van der Waals surface area contributed by atoms with E-state index in [0.717, 1.165) is 17.0 Å². The molecule has 0 aliphatic rings. The smallest absolute Gasteiger partial charge is 0.245 e. The highest BCUT2D eigenvalue weighted by Gasteiger charge is 2.26. The van der Waals surface area contributed by atoms with Gasteiger partial charge in [0.2, 0.25) is 15.9 Å². The van der Waals surface area contributed by atoms with Gasteiger partial charge in [-0.1, -0.05) is 12.1 Å². The molecule has 1 unspecified atom stereocenters. The summed E-state index contributed by atoms with van der Waals surface area (Å²) in [6.07, 6.45) is 1.87. The molecule has 140 valence electrons. The third-order valence-corrected chi connectivity index (χ3v) is 5.86. The molecule has 0 aliphatic carbocycles. The van der Waals surface area contributed by atoms with Gasteiger partial charge < -0.3 is 10.1 Å². The van der Waals surface area contributed by atoms with Crippen molar-refractivity contribution in [2.45, 2.75) is 22.8 Å². The molecule has 0 heterocycles. The van der Waals surface area contributed by atoms with Crippen LogP contribution in [0.4, 0.5) is 10.1 Å². The number of rotatable bonds is 7. The van der Waals surface area contributed by atoms with Crippen LogP contribution in [0.25, 0.3) is 0 Å². The van der Waals surface area contributed by atoms with Crippen molar-refractivity contribution in [1.82, 2.24) is 4.72 Å². The molecule has 2 aromatic rings. The maximum Gasteiger partial charge on any atom is 0.245 e. The molecule has 0 radical (unpaired) electrons. The van der Waals surface area contributed by atoms with E-state index >= 15 is 0 Å². The van der Waals surface area contributed by atoms with Crippen LogP contribution in [-0.4, -0.2) is 33.7 Å². The van der Waals surface area contributed by atoms with Crippen LogP contribution in [-0.2, 0) is 14.8 Å². The molecule has 9 heteroatoms. The molecular formula is C17H19FN2O4S2. The lowest BCUT2D eigenvalue weighted by Gasteiger charge is -2.17. The Balaban J connectivity index is 2.19. The zero-order valence-corrected chi connectivity index (χ0v) is 16.1. The summed E-state index contributed by atoms with van der Waals surface area (Å²) >= 11 is 1.45. The van der Waals surface area contributed by atoms with E-state index in [1.165, 1.54) is 31.9 Å². The summed E-state index contributed by atoms with van der Waals surface area (Å²) in [6, 6.07) is 9.23. The lowest BCUT2D eigenvalue weighted by atomic mass is 10.3. The first-order chi connectivity index (χ1) is 12.3. The molecule has 0 spiro atoms. The molecule has 0 bridgehead atoms. The van der Waals surface area contributed by atoms with E-state index in [1.807, 2.05) is 18.4 Å². The molecule has 1 atom stereocenters. The first-order valence-corrected chi connectivity index (χ1v) is 10.3. The normalized spacial score (nSPS) is 12.5. The predicted molar refractivity (Wildman–Crippen MR) is 99.6 cm³/mol. The van der Waals surface area contributed by atoms with Gasteiger partial charge in [-0.3, -0.25) is 4.79 Å². The summed E-state index contributed by atoms with van der Waals surface area (Å²) in [6.45, 7) is 1.40. The minimum Gasteiger partial charge on any atom is -0.495 e. The van der Waals surface area contributed by atoms with Crippen molar-refractivity contribution in [3.8, 4) is 5.75 Å². The van der Waals surface area contributed by atoms with E-state index in [1.54, 1.807) is 12.1 Å². The second kappa shape index (κ2) is 8.52. The van der Waals surface area contributed by atoms with Gasteiger partial charge in [0.1, 0.15) is 16.5 Å². The van der Waals surface area contributed by atoms with Gasteiger partial charge in [-0.15, -0.1) is 11.8 Å². The number of benzene rings is 2. The number of nitrogens with one attached hydrogen (secondary N) is 2. The number of carbonyl (C=O) groups excluding carboxylic acids is 1. The molecule has 0 aliphatic heterocycles. The maximum atomic E-state index is 13.5. The number of hydrogen-bond acceptors (Lipinski definition) is 5. The first kappa shape index (κ1) is 20.2. The van der Waals surface area contributed by atoms with Gasteiger partial charge >= 0.3 is 0 Å².